The van der Waals surface area contributed by atoms with Gasteiger partial charge in [-0.1, -0.05) is 0 Å². The first kappa shape index (κ1) is 15.1. The van der Waals surface area contributed by atoms with Crippen molar-refractivity contribution in [2.45, 2.75) is 11.3 Å². The van der Waals surface area contributed by atoms with Gasteiger partial charge < -0.3 is 15.2 Å². The summed E-state index contributed by atoms with van der Waals surface area (Å²) in [4.78, 5) is 0.203. The van der Waals surface area contributed by atoms with Crippen LogP contribution in [0.1, 0.15) is 6.42 Å². The van der Waals surface area contributed by atoms with Gasteiger partial charge in [0.1, 0.15) is 5.75 Å². The molecule has 1 aliphatic rings. The van der Waals surface area contributed by atoms with Gasteiger partial charge in [0.15, 0.2) is 0 Å². The number of hydrogen-bond acceptors (Lipinski definition) is 5. The van der Waals surface area contributed by atoms with Crippen LogP contribution in [0, 0.1) is 5.92 Å². The normalized spacial score (nSPS) is 20.2. The van der Waals surface area contributed by atoms with Crippen molar-refractivity contribution in [3.63, 3.8) is 0 Å². The fraction of sp³-hybridized carbons (Fsp3) is 0.538. The molecule has 1 fully saturated rings. The summed E-state index contributed by atoms with van der Waals surface area (Å²) in [5.41, 5.74) is 6.09. The molecule has 0 spiro atoms. The minimum atomic E-state index is -3.50. The number of nitrogens with two attached hydrogens (primary N) is 1. The zero-order valence-corrected chi connectivity index (χ0v) is 12.5. The summed E-state index contributed by atoms with van der Waals surface area (Å²) in [5.74, 6) is 0.730. The molecule has 2 rings (SSSR count). The van der Waals surface area contributed by atoms with E-state index in [2.05, 4.69) is 0 Å². The summed E-state index contributed by atoms with van der Waals surface area (Å²) >= 11 is 0. The molecule has 1 aliphatic heterocycles. The summed E-state index contributed by atoms with van der Waals surface area (Å²) in [6.45, 7) is 1.58. The average molecular weight is 300 g/mol. The number of anilines is 1. The van der Waals surface area contributed by atoms with E-state index in [1.165, 1.54) is 23.5 Å². The Kier molecular flexibility index (Phi) is 4.52. The van der Waals surface area contributed by atoms with E-state index in [4.69, 9.17) is 15.2 Å². The van der Waals surface area contributed by atoms with E-state index in [-0.39, 0.29) is 10.8 Å². The first-order chi connectivity index (χ1) is 9.48. The molecule has 20 heavy (non-hydrogen) atoms. The number of ether oxygens (including phenoxy) is 2. The molecule has 6 nitrogen and oxygen atoms in total. The van der Waals surface area contributed by atoms with Gasteiger partial charge in [0.2, 0.25) is 10.0 Å². The predicted molar refractivity (Wildman–Crippen MR) is 76.1 cm³/mol. The fourth-order valence-electron chi connectivity index (χ4n) is 2.41. The molecule has 0 amide bonds. The van der Waals surface area contributed by atoms with Gasteiger partial charge in [-0.05, 0) is 30.5 Å². The zero-order valence-electron chi connectivity index (χ0n) is 11.7. The van der Waals surface area contributed by atoms with Crippen molar-refractivity contribution in [2.75, 3.05) is 39.6 Å². The number of methoxy groups -OCH3 is 2. The third-order valence-corrected chi connectivity index (χ3v) is 5.35. The molecule has 1 aromatic carbocycles. The Bertz CT molecular complexity index is 574. The molecule has 1 aromatic rings. The largest absolute Gasteiger partial charge is 0.495 e. The molecule has 7 heteroatoms. The van der Waals surface area contributed by atoms with Gasteiger partial charge in [0, 0.05) is 20.2 Å². The van der Waals surface area contributed by atoms with Crippen molar-refractivity contribution < 1.29 is 17.9 Å². The zero-order chi connectivity index (χ0) is 14.8. The lowest BCUT2D eigenvalue weighted by Crippen LogP contribution is -2.29. The van der Waals surface area contributed by atoms with Crippen LogP contribution >= 0.6 is 0 Å². The quantitative estimate of drug-likeness (QED) is 0.818. The minimum absolute atomic E-state index is 0.203. The molecule has 0 aromatic heterocycles. The highest BCUT2D eigenvalue weighted by atomic mass is 32.2. The molecule has 0 bridgehead atoms. The summed E-state index contributed by atoms with van der Waals surface area (Å²) in [5, 5.41) is 0. The van der Waals surface area contributed by atoms with Crippen LogP contribution in [0.2, 0.25) is 0 Å². The number of hydrogen-bond donors (Lipinski definition) is 1. The molecular weight excluding hydrogens is 280 g/mol. The standard InChI is InChI=1S/C13H20N2O4S/c1-18-9-10-5-6-15(8-10)20(16,17)11-3-4-13(19-2)12(14)7-11/h3-4,7,10H,5-6,8-9,14H2,1-2H3. The second-order valence-corrected chi connectivity index (χ2v) is 6.81. The lowest BCUT2D eigenvalue weighted by molar-refractivity contribution is 0.157. The van der Waals surface area contributed by atoms with Crippen LogP contribution in [0.4, 0.5) is 5.69 Å². The van der Waals surface area contributed by atoms with Gasteiger partial charge in [-0.15, -0.1) is 0 Å². The maximum absolute atomic E-state index is 12.5. The summed E-state index contributed by atoms with van der Waals surface area (Å²) < 4.78 is 36.7. The van der Waals surface area contributed by atoms with Crippen molar-refractivity contribution in [2.24, 2.45) is 5.92 Å². The van der Waals surface area contributed by atoms with E-state index in [9.17, 15) is 8.42 Å². The van der Waals surface area contributed by atoms with E-state index in [0.717, 1.165) is 6.42 Å². The molecule has 0 saturated carbocycles. The highest BCUT2D eigenvalue weighted by Gasteiger charge is 2.32. The number of sulfonamides is 1. The van der Waals surface area contributed by atoms with Crippen molar-refractivity contribution in [1.82, 2.24) is 4.31 Å². The van der Waals surface area contributed by atoms with Gasteiger partial charge in [0.25, 0.3) is 0 Å². The number of rotatable bonds is 5. The van der Waals surface area contributed by atoms with Crippen LogP contribution in [-0.2, 0) is 14.8 Å². The van der Waals surface area contributed by atoms with Crippen molar-refractivity contribution in [1.29, 1.82) is 0 Å². The Balaban J connectivity index is 2.21. The molecule has 1 heterocycles. The fourth-order valence-corrected chi connectivity index (χ4v) is 3.98. The number of nitrogen functional groups attached to an aromatic ring is 1. The average Bonchev–Trinajstić information content (AvgIpc) is 2.88. The Labute approximate surface area is 119 Å². The molecule has 1 atom stereocenters. The number of benzene rings is 1. The second-order valence-electron chi connectivity index (χ2n) is 4.88. The van der Waals surface area contributed by atoms with E-state index in [1.807, 2.05) is 0 Å². The van der Waals surface area contributed by atoms with Gasteiger partial charge in [-0.25, -0.2) is 8.42 Å². The van der Waals surface area contributed by atoms with E-state index < -0.39 is 10.0 Å². The van der Waals surface area contributed by atoms with Crippen molar-refractivity contribution in [3.05, 3.63) is 18.2 Å². The summed E-state index contributed by atoms with van der Waals surface area (Å²) in [6, 6.07) is 4.54. The third-order valence-electron chi connectivity index (χ3n) is 3.49. The highest BCUT2D eigenvalue weighted by molar-refractivity contribution is 7.89. The van der Waals surface area contributed by atoms with Crippen LogP contribution in [0.5, 0.6) is 5.75 Å². The minimum Gasteiger partial charge on any atom is -0.495 e. The first-order valence-electron chi connectivity index (χ1n) is 6.41. The summed E-state index contributed by atoms with van der Waals surface area (Å²) in [7, 11) is -0.373. The highest BCUT2D eigenvalue weighted by Crippen LogP contribution is 2.29. The molecule has 2 N–H and O–H groups in total. The van der Waals surface area contributed by atoms with Gasteiger partial charge in [0.05, 0.1) is 24.3 Å². The molecule has 1 unspecified atom stereocenters. The third kappa shape index (κ3) is 2.89. The van der Waals surface area contributed by atoms with Gasteiger partial charge >= 0.3 is 0 Å². The Morgan fingerprint density at radius 1 is 1.40 bits per heavy atom. The Morgan fingerprint density at radius 2 is 2.15 bits per heavy atom. The van der Waals surface area contributed by atoms with E-state index in [0.29, 0.717) is 31.1 Å². The van der Waals surface area contributed by atoms with Crippen LogP contribution in [0.3, 0.4) is 0 Å². The topological polar surface area (TPSA) is 81.9 Å². The van der Waals surface area contributed by atoms with Crippen LogP contribution in [0.25, 0.3) is 0 Å². The molecule has 1 saturated heterocycles. The second kappa shape index (κ2) is 5.99. The lowest BCUT2D eigenvalue weighted by atomic mass is 10.1. The SMILES string of the molecule is COCC1CCN(S(=O)(=O)c2ccc(OC)c(N)c2)C1. The van der Waals surface area contributed by atoms with E-state index in [1.54, 1.807) is 13.2 Å². The number of nitrogens with zero attached hydrogens (tertiary/aromatic N) is 1. The lowest BCUT2D eigenvalue weighted by Gasteiger charge is -2.17. The monoisotopic (exact) mass is 300 g/mol. The van der Waals surface area contributed by atoms with Crippen LogP contribution in [0.15, 0.2) is 23.1 Å². The molecular formula is C13H20N2O4S. The van der Waals surface area contributed by atoms with Gasteiger partial charge in [-0.2, -0.15) is 4.31 Å². The van der Waals surface area contributed by atoms with E-state index >= 15 is 0 Å². The maximum Gasteiger partial charge on any atom is 0.243 e. The maximum atomic E-state index is 12.5. The Morgan fingerprint density at radius 3 is 2.75 bits per heavy atom. The van der Waals surface area contributed by atoms with Crippen molar-refractivity contribution in [3.8, 4) is 5.75 Å². The summed E-state index contributed by atoms with van der Waals surface area (Å²) in [6.07, 6.45) is 0.818. The van der Waals surface area contributed by atoms with Crippen molar-refractivity contribution >= 4 is 15.7 Å². The predicted octanol–water partition coefficient (Wildman–Crippen LogP) is 0.934. The molecule has 0 radical (unpaired) electrons. The molecule has 112 valence electrons. The first-order valence-corrected chi connectivity index (χ1v) is 7.85. The van der Waals surface area contributed by atoms with Crippen LogP contribution in [-0.4, -0.2) is 46.6 Å². The smallest absolute Gasteiger partial charge is 0.243 e. The molecule has 0 aliphatic carbocycles. The van der Waals surface area contributed by atoms with Crippen LogP contribution < -0.4 is 10.5 Å². The Hall–Kier alpha value is -1.31. The van der Waals surface area contributed by atoms with Gasteiger partial charge in [-0.3, -0.25) is 0 Å².